The van der Waals surface area contributed by atoms with Gasteiger partial charge in [0.25, 0.3) is 0 Å². The highest BCUT2D eigenvalue weighted by Gasteiger charge is 2.02. The summed E-state index contributed by atoms with van der Waals surface area (Å²) in [6, 6.07) is 5.98. The van der Waals surface area contributed by atoms with Crippen LogP contribution in [0.25, 0.3) is 5.65 Å². The Morgan fingerprint density at radius 3 is 2.52 bits per heavy atom. The normalized spacial score (nSPS) is 11.3. The molecule has 2 aromatic rings. The average molecular weight is 288 g/mol. The fourth-order valence-corrected chi connectivity index (χ4v) is 2.60. The second-order valence-corrected chi connectivity index (χ2v) is 5.70. The topological polar surface area (TPSA) is 42.2 Å². The van der Waals surface area contributed by atoms with Gasteiger partial charge >= 0.3 is 0 Å². The van der Waals surface area contributed by atoms with Gasteiger partial charge in [-0.25, -0.2) is 0 Å². The van der Waals surface area contributed by atoms with Crippen molar-refractivity contribution in [1.29, 1.82) is 0 Å². The van der Waals surface area contributed by atoms with E-state index in [1.807, 2.05) is 28.8 Å². The number of pyridine rings is 1. The summed E-state index contributed by atoms with van der Waals surface area (Å²) in [4.78, 5) is 0. The van der Waals surface area contributed by atoms with E-state index in [4.69, 9.17) is 0 Å². The van der Waals surface area contributed by atoms with E-state index >= 15 is 0 Å². The van der Waals surface area contributed by atoms with Gasteiger partial charge < -0.3 is 5.32 Å². The van der Waals surface area contributed by atoms with E-state index in [0.717, 1.165) is 24.6 Å². The largest absolute Gasteiger partial charge is 0.310 e. The Bertz CT molecular complexity index is 506. The van der Waals surface area contributed by atoms with E-state index < -0.39 is 0 Å². The maximum atomic E-state index is 4.22. The quantitative estimate of drug-likeness (QED) is 0.636. The van der Waals surface area contributed by atoms with Gasteiger partial charge in [-0.15, -0.1) is 10.2 Å². The van der Waals surface area contributed by atoms with Crippen molar-refractivity contribution in [2.24, 2.45) is 0 Å². The summed E-state index contributed by atoms with van der Waals surface area (Å²) in [5, 5.41) is 11.8. The summed E-state index contributed by atoms with van der Waals surface area (Å²) in [6.07, 6.45) is 12.9. The van der Waals surface area contributed by atoms with Crippen LogP contribution in [-0.4, -0.2) is 21.1 Å². The fraction of sp³-hybridized carbons (Fsp3) is 0.647. The van der Waals surface area contributed by atoms with Gasteiger partial charge in [0.2, 0.25) is 0 Å². The van der Waals surface area contributed by atoms with Crippen LogP contribution in [0.1, 0.15) is 64.1 Å². The van der Waals surface area contributed by atoms with Crippen molar-refractivity contribution in [2.75, 3.05) is 6.54 Å². The molecule has 2 rings (SSSR count). The Labute approximate surface area is 128 Å². The third kappa shape index (κ3) is 5.46. The molecule has 4 nitrogen and oxygen atoms in total. The molecule has 0 aliphatic rings. The first-order valence-corrected chi connectivity index (χ1v) is 8.41. The molecule has 0 aliphatic carbocycles. The molecule has 0 aliphatic heterocycles. The zero-order valence-corrected chi connectivity index (χ0v) is 13.2. The van der Waals surface area contributed by atoms with Crippen LogP contribution in [0.15, 0.2) is 24.4 Å². The van der Waals surface area contributed by atoms with Crippen LogP contribution < -0.4 is 5.32 Å². The minimum absolute atomic E-state index is 0.793. The molecule has 0 aromatic carbocycles. The van der Waals surface area contributed by atoms with Gasteiger partial charge in [-0.3, -0.25) is 4.40 Å². The molecule has 116 valence electrons. The van der Waals surface area contributed by atoms with Crippen LogP contribution >= 0.6 is 0 Å². The van der Waals surface area contributed by atoms with Crippen LogP contribution in [0.3, 0.4) is 0 Å². The Morgan fingerprint density at radius 1 is 0.952 bits per heavy atom. The van der Waals surface area contributed by atoms with Crippen molar-refractivity contribution in [2.45, 2.75) is 64.8 Å². The van der Waals surface area contributed by atoms with Crippen molar-refractivity contribution in [3.05, 3.63) is 30.2 Å². The van der Waals surface area contributed by atoms with E-state index in [9.17, 15) is 0 Å². The minimum Gasteiger partial charge on any atom is -0.310 e. The number of nitrogens with zero attached hydrogens (tertiary/aromatic N) is 3. The molecule has 0 bridgehead atoms. The number of fused-ring (bicyclic) bond motifs is 1. The van der Waals surface area contributed by atoms with E-state index in [1.54, 1.807) is 0 Å². The molecule has 0 saturated carbocycles. The number of aromatic nitrogens is 3. The van der Waals surface area contributed by atoms with Crippen LogP contribution in [0.4, 0.5) is 0 Å². The molecule has 1 N–H and O–H groups in total. The Hall–Kier alpha value is -1.42. The number of unbranched alkanes of at least 4 members (excludes halogenated alkanes) is 7. The van der Waals surface area contributed by atoms with Gasteiger partial charge in [-0.05, 0) is 25.1 Å². The summed E-state index contributed by atoms with van der Waals surface area (Å²) in [5.74, 6) is 0.991. The van der Waals surface area contributed by atoms with Gasteiger partial charge in [0.05, 0.1) is 6.54 Å². The van der Waals surface area contributed by atoms with E-state index in [0.29, 0.717) is 0 Å². The first kappa shape index (κ1) is 16.0. The van der Waals surface area contributed by atoms with Crippen LogP contribution in [0.2, 0.25) is 0 Å². The molecule has 0 amide bonds. The Balaban J connectivity index is 1.52. The standard InChI is InChI=1S/C17H28N4/c1-2-3-4-5-6-7-8-10-13-18-15-17-20-19-16-12-9-11-14-21(16)17/h9,11-12,14,18H,2-8,10,13,15H2,1H3. The monoisotopic (exact) mass is 288 g/mol. The van der Waals surface area contributed by atoms with E-state index in [1.165, 1.54) is 51.4 Å². The number of nitrogens with one attached hydrogen (secondary N) is 1. The van der Waals surface area contributed by atoms with Crippen molar-refractivity contribution in [3.8, 4) is 0 Å². The Kier molecular flexibility index (Phi) is 7.22. The zero-order valence-electron chi connectivity index (χ0n) is 13.2. The van der Waals surface area contributed by atoms with Crippen molar-refractivity contribution >= 4 is 5.65 Å². The molecule has 0 saturated heterocycles. The summed E-state index contributed by atoms with van der Waals surface area (Å²) in [5.41, 5.74) is 0.918. The number of rotatable bonds is 11. The molecule has 4 heteroatoms. The third-order valence-corrected chi connectivity index (χ3v) is 3.87. The molecular formula is C17H28N4. The first-order valence-electron chi connectivity index (χ1n) is 8.41. The van der Waals surface area contributed by atoms with Crippen LogP contribution in [0, 0.1) is 0 Å². The zero-order chi connectivity index (χ0) is 14.8. The predicted molar refractivity (Wildman–Crippen MR) is 87.3 cm³/mol. The van der Waals surface area contributed by atoms with Gasteiger partial charge in [0, 0.05) is 6.20 Å². The minimum atomic E-state index is 0.793. The maximum Gasteiger partial charge on any atom is 0.160 e. The van der Waals surface area contributed by atoms with Gasteiger partial charge in [-0.2, -0.15) is 0 Å². The summed E-state index contributed by atoms with van der Waals surface area (Å²) in [7, 11) is 0. The molecule has 0 unspecified atom stereocenters. The number of hydrogen-bond acceptors (Lipinski definition) is 3. The molecule has 0 radical (unpaired) electrons. The summed E-state index contributed by atoms with van der Waals surface area (Å²) < 4.78 is 2.04. The second kappa shape index (κ2) is 9.50. The molecule has 0 spiro atoms. The average Bonchev–Trinajstić information content (AvgIpc) is 2.92. The first-order chi connectivity index (χ1) is 10.4. The lowest BCUT2D eigenvalue weighted by Gasteiger charge is -2.04. The molecule has 0 atom stereocenters. The van der Waals surface area contributed by atoms with Crippen molar-refractivity contribution in [3.63, 3.8) is 0 Å². The molecule has 2 heterocycles. The van der Waals surface area contributed by atoms with Crippen LogP contribution in [-0.2, 0) is 6.54 Å². The summed E-state index contributed by atoms with van der Waals surface area (Å²) in [6.45, 7) is 4.13. The highest BCUT2D eigenvalue weighted by molar-refractivity contribution is 5.36. The lowest BCUT2D eigenvalue weighted by atomic mass is 10.1. The van der Waals surface area contributed by atoms with Gasteiger partial charge in [-0.1, -0.05) is 57.9 Å². The molecular weight excluding hydrogens is 260 g/mol. The van der Waals surface area contributed by atoms with Crippen LogP contribution in [0.5, 0.6) is 0 Å². The second-order valence-electron chi connectivity index (χ2n) is 5.70. The smallest absolute Gasteiger partial charge is 0.160 e. The van der Waals surface area contributed by atoms with Crippen molar-refractivity contribution < 1.29 is 0 Å². The number of hydrogen-bond donors (Lipinski definition) is 1. The lowest BCUT2D eigenvalue weighted by Crippen LogP contribution is -2.16. The third-order valence-electron chi connectivity index (χ3n) is 3.87. The predicted octanol–water partition coefficient (Wildman–Crippen LogP) is 3.96. The molecule has 0 fully saturated rings. The lowest BCUT2D eigenvalue weighted by molar-refractivity contribution is 0.550. The SMILES string of the molecule is CCCCCCCCCCNCc1nnc2ccccn12. The molecule has 2 aromatic heterocycles. The van der Waals surface area contributed by atoms with Crippen molar-refractivity contribution in [1.82, 2.24) is 19.9 Å². The van der Waals surface area contributed by atoms with E-state index in [-0.39, 0.29) is 0 Å². The highest BCUT2D eigenvalue weighted by Crippen LogP contribution is 2.08. The fourth-order valence-electron chi connectivity index (χ4n) is 2.60. The van der Waals surface area contributed by atoms with Gasteiger partial charge in [0.15, 0.2) is 11.5 Å². The maximum absolute atomic E-state index is 4.22. The summed E-state index contributed by atoms with van der Waals surface area (Å²) >= 11 is 0. The van der Waals surface area contributed by atoms with E-state index in [2.05, 4.69) is 22.4 Å². The molecule has 21 heavy (non-hydrogen) atoms. The van der Waals surface area contributed by atoms with Gasteiger partial charge in [0.1, 0.15) is 0 Å². The highest BCUT2D eigenvalue weighted by atomic mass is 15.3. The Morgan fingerprint density at radius 2 is 1.71 bits per heavy atom.